The third-order valence-electron chi connectivity index (χ3n) is 3.82. The zero-order valence-electron chi connectivity index (χ0n) is 14.6. The number of carbonyl (C=O) groups is 1. The van der Waals surface area contributed by atoms with Crippen LogP contribution in [0.1, 0.15) is 17.0 Å². The van der Waals surface area contributed by atoms with E-state index in [1.807, 2.05) is 54.8 Å². The number of benzene rings is 2. The molecule has 1 amide bonds. The van der Waals surface area contributed by atoms with Gasteiger partial charge in [-0.15, -0.1) is 10.2 Å². The number of anilines is 1. The number of aromatic nitrogens is 3. The molecule has 0 radical (unpaired) electrons. The minimum atomic E-state index is -0.0773. The van der Waals surface area contributed by atoms with Crippen LogP contribution in [-0.4, -0.2) is 26.4 Å². The lowest BCUT2D eigenvalue weighted by Crippen LogP contribution is -2.15. The van der Waals surface area contributed by atoms with Crippen LogP contribution in [0.15, 0.2) is 58.2 Å². The van der Waals surface area contributed by atoms with Crippen molar-refractivity contribution in [2.75, 3.05) is 11.1 Å². The van der Waals surface area contributed by atoms with Crippen LogP contribution in [-0.2, 0) is 11.3 Å². The molecule has 0 bridgehead atoms. The fourth-order valence-corrected chi connectivity index (χ4v) is 3.83. The van der Waals surface area contributed by atoms with Gasteiger partial charge in [-0.3, -0.25) is 4.79 Å². The topological polar surface area (TPSA) is 59.8 Å². The molecule has 2 aromatic carbocycles. The number of carbonyl (C=O) groups excluding carboxylic acids is 1. The molecule has 0 spiro atoms. The number of rotatable bonds is 6. The Hall–Kier alpha value is -2.12. The SMILES string of the molecule is Cc1ccc(NC(=O)CSc2nnc(C)n2Cc2ccccc2)c(Br)c1. The maximum atomic E-state index is 12.3. The second kappa shape index (κ2) is 8.51. The van der Waals surface area contributed by atoms with Crippen LogP contribution in [0, 0.1) is 13.8 Å². The predicted octanol–water partition coefficient (Wildman–Crippen LogP) is 4.44. The average Bonchev–Trinajstić information content (AvgIpc) is 2.97. The Morgan fingerprint density at radius 1 is 1.15 bits per heavy atom. The van der Waals surface area contributed by atoms with Crippen LogP contribution in [0.3, 0.4) is 0 Å². The van der Waals surface area contributed by atoms with E-state index >= 15 is 0 Å². The first-order valence-electron chi connectivity index (χ1n) is 8.15. The van der Waals surface area contributed by atoms with E-state index in [1.54, 1.807) is 0 Å². The molecular formula is C19H19BrN4OS. The van der Waals surface area contributed by atoms with Crippen LogP contribution in [0.2, 0.25) is 0 Å². The fraction of sp³-hybridized carbons (Fsp3) is 0.211. The molecule has 0 aliphatic heterocycles. The van der Waals surface area contributed by atoms with Gasteiger partial charge >= 0.3 is 0 Å². The van der Waals surface area contributed by atoms with Crippen molar-refractivity contribution in [3.63, 3.8) is 0 Å². The first kappa shape index (κ1) is 18.7. The molecule has 1 heterocycles. The first-order chi connectivity index (χ1) is 12.5. The molecule has 7 heteroatoms. The maximum Gasteiger partial charge on any atom is 0.234 e. The van der Waals surface area contributed by atoms with E-state index in [4.69, 9.17) is 0 Å². The lowest BCUT2D eigenvalue weighted by molar-refractivity contribution is -0.113. The highest BCUT2D eigenvalue weighted by Crippen LogP contribution is 2.24. The van der Waals surface area contributed by atoms with Gasteiger partial charge in [-0.05, 0) is 53.0 Å². The molecule has 0 saturated heterocycles. The van der Waals surface area contributed by atoms with Crippen LogP contribution in [0.25, 0.3) is 0 Å². The summed E-state index contributed by atoms with van der Waals surface area (Å²) in [5.74, 6) is 1.03. The van der Waals surface area contributed by atoms with Gasteiger partial charge < -0.3 is 9.88 Å². The molecule has 0 unspecified atom stereocenters. The van der Waals surface area contributed by atoms with Gasteiger partial charge in [0.1, 0.15) is 5.82 Å². The van der Waals surface area contributed by atoms with Gasteiger partial charge in [0.2, 0.25) is 5.91 Å². The minimum Gasteiger partial charge on any atom is -0.324 e. The lowest BCUT2D eigenvalue weighted by atomic mass is 10.2. The van der Waals surface area contributed by atoms with Crippen molar-refractivity contribution < 1.29 is 4.79 Å². The van der Waals surface area contributed by atoms with Crippen molar-refractivity contribution >= 4 is 39.3 Å². The third-order valence-corrected chi connectivity index (χ3v) is 5.44. The zero-order valence-corrected chi connectivity index (χ0v) is 17.0. The Morgan fingerprint density at radius 2 is 1.92 bits per heavy atom. The molecule has 1 aromatic heterocycles. The molecule has 5 nitrogen and oxygen atoms in total. The molecule has 3 rings (SSSR count). The summed E-state index contributed by atoms with van der Waals surface area (Å²) in [7, 11) is 0. The summed E-state index contributed by atoms with van der Waals surface area (Å²) in [5, 5.41) is 12.0. The Bertz CT molecular complexity index is 911. The number of thioether (sulfide) groups is 1. The fourth-order valence-electron chi connectivity index (χ4n) is 2.45. The van der Waals surface area contributed by atoms with Crippen molar-refractivity contribution in [2.24, 2.45) is 0 Å². The molecular weight excluding hydrogens is 412 g/mol. The summed E-state index contributed by atoms with van der Waals surface area (Å²) in [5.41, 5.74) is 3.07. The monoisotopic (exact) mass is 430 g/mol. The molecule has 1 N–H and O–H groups in total. The van der Waals surface area contributed by atoms with Crippen molar-refractivity contribution in [3.8, 4) is 0 Å². The summed E-state index contributed by atoms with van der Waals surface area (Å²) in [6.07, 6.45) is 0. The second-order valence-electron chi connectivity index (χ2n) is 5.92. The Morgan fingerprint density at radius 3 is 2.65 bits per heavy atom. The van der Waals surface area contributed by atoms with Gasteiger partial charge in [-0.1, -0.05) is 48.2 Å². The second-order valence-corrected chi connectivity index (χ2v) is 7.72. The van der Waals surface area contributed by atoms with Crippen molar-refractivity contribution in [1.82, 2.24) is 14.8 Å². The number of nitrogens with one attached hydrogen (secondary N) is 1. The molecule has 3 aromatic rings. The number of nitrogens with zero attached hydrogens (tertiary/aromatic N) is 3. The number of aryl methyl sites for hydroxylation is 2. The number of hydrogen-bond donors (Lipinski definition) is 1. The Kier molecular flexibility index (Phi) is 6.11. The van der Waals surface area contributed by atoms with E-state index < -0.39 is 0 Å². The highest BCUT2D eigenvalue weighted by Gasteiger charge is 2.13. The van der Waals surface area contributed by atoms with Gasteiger partial charge in [0, 0.05) is 4.47 Å². The Labute approximate surface area is 165 Å². The van der Waals surface area contributed by atoms with E-state index in [0.717, 1.165) is 26.7 Å². The number of hydrogen-bond acceptors (Lipinski definition) is 4. The third kappa shape index (κ3) is 4.74. The summed E-state index contributed by atoms with van der Waals surface area (Å²) in [6.45, 7) is 4.62. The molecule has 134 valence electrons. The van der Waals surface area contributed by atoms with E-state index in [-0.39, 0.29) is 11.7 Å². The predicted molar refractivity (Wildman–Crippen MR) is 109 cm³/mol. The standard InChI is InChI=1S/C19H19BrN4OS/c1-13-8-9-17(16(20)10-13)21-18(25)12-26-19-23-22-14(2)24(19)11-15-6-4-3-5-7-15/h3-10H,11-12H2,1-2H3,(H,21,25). The smallest absolute Gasteiger partial charge is 0.234 e. The normalized spacial score (nSPS) is 10.7. The van der Waals surface area contributed by atoms with Crippen molar-refractivity contribution in [3.05, 3.63) is 70.0 Å². The van der Waals surface area contributed by atoms with Gasteiger partial charge in [0.05, 0.1) is 18.0 Å². The molecule has 26 heavy (non-hydrogen) atoms. The van der Waals surface area contributed by atoms with Gasteiger partial charge in [0.15, 0.2) is 5.16 Å². The average molecular weight is 431 g/mol. The van der Waals surface area contributed by atoms with E-state index in [1.165, 1.54) is 17.3 Å². The molecule has 0 saturated carbocycles. The maximum absolute atomic E-state index is 12.3. The van der Waals surface area contributed by atoms with Crippen molar-refractivity contribution in [1.29, 1.82) is 0 Å². The quantitative estimate of drug-likeness (QED) is 0.587. The van der Waals surface area contributed by atoms with Crippen LogP contribution in [0.4, 0.5) is 5.69 Å². The molecule has 0 aliphatic rings. The molecule has 0 atom stereocenters. The number of halogens is 1. The van der Waals surface area contributed by atoms with Gasteiger partial charge in [0.25, 0.3) is 0 Å². The first-order valence-corrected chi connectivity index (χ1v) is 9.93. The summed E-state index contributed by atoms with van der Waals surface area (Å²) in [6, 6.07) is 16.0. The summed E-state index contributed by atoms with van der Waals surface area (Å²) in [4.78, 5) is 12.3. The van der Waals surface area contributed by atoms with Gasteiger partial charge in [-0.25, -0.2) is 0 Å². The van der Waals surface area contributed by atoms with Crippen LogP contribution in [0.5, 0.6) is 0 Å². The van der Waals surface area contributed by atoms with E-state index in [0.29, 0.717) is 6.54 Å². The zero-order chi connectivity index (χ0) is 18.5. The van der Waals surface area contributed by atoms with Crippen LogP contribution >= 0.6 is 27.7 Å². The molecule has 0 aliphatic carbocycles. The summed E-state index contributed by atoms with van der Waals surface area (Å²) >= 11 is 4.86. The number of amides is 1. The van der Waals surface area contributed by atoms with Gasteiger partial charge in [-0.2, -0.15) is 0 Å². The highest BCUT2D eigenvalue weighted by molar-refractivity contribution is 9.10. The Balaban J connectivity index is 1.63. The largest absolute Gasteiger partial charge is 0.324 e. The summed E-state index contributed by atoms with van der Waals surface area (Å²) < 4.78 is 2.90. The highest BCUT2D eigenvalue weighted by atomic mass is 79.9. The molecule has 0 fully saturated rings. The lowest BCUT2D eigenvalue weighted by Gasteiger charge is -2.10. The van der Waals surface area contributed by atoms with E-state index in [2.05, 4.69) is 43.6 Å². The van der Waals surface area contributed by atoms with E-state index in [9.17, 15) is 4.79 Å². The van der Waals surface area contributed by atoms with Crippen LogP contribution < -0.4 is 5.32 Å². The van der Waals surface area contributed by atoms with Crippen molar-refractivity contribution in [2.45, 2.75) is 25.5 Å². The minimum absolute atomic E-state index is 0.0773.